The lowest BCUT2D eigenvalue weighted by Crippen LogP contribution is -2.30. The van der Waals surface area contributed by atoms with Crippen LogP contribution in [0.3, 0.4) is 0 Å². The summed E-state index contributed by atoms with van der Waals surface area (Å²) in [7, 11) is 2.04. The van der Waals surface area contributed by atoms with Crippen LogP contribution in [0.5, 0.6) is 0 Å². The van der Waals surface area contributed by atoms with Crippen LogP contribution in [0.15, 0.2) is 18.2 Å². The van der Waals surface area contributed by atoms with Crippen LogP contribution in [0, 0.1) is 5.82 Å². The first-order valence-corrected chi connectivity index (χ1v) is 8.03. The number of halogens is 1. The van der Waals surface area contributed by atoms with Gasteiger partial charge in [-0.1, -0.05) is 12.2 Å². The van der Waals surface area contributed by atoms with Gasteiger partial charge in [0, 0.05) is 18.2 Å². The Hall–Kier alpha value is -0.650. The quantitative estimate of drug-likeness (QED) is 0.784. The van der Waals surface area contributed by atoms with E-state index in [1.807, 2.05) is 18.8 Å². The van der Waals surface area contributed by atoms with Crippen LogP contribution in [0.25, 0.3) is 0 Å². The molecular weight excluding hydrogens is 279 g/mol. The summed E-state index contributed by atoms with van der Waals surface area (Å²) in [5.41, 5.74) is 7.30. The third-order valence-corrected chi connectivity index (χ3v) is 4.11. The molecule has 1 rings (SSSR count). The molecule has 1 aromatic rings. The van der Waals surface area contributed by atoms with Crippen LogP contribution >= 0.6 is 24.0 Å². The molecule has 2 nitrogen and oxygen atoms in total. The maximum Gasteiger partial charge on any atom is 0.123 e. The van der Waals surface area contributed by atoms with E-state index in [2.05, 4.69) is 18.1 Å². The minimum atomic E-state index is -0.250. The van der Waals surface area contributed by atoms with E-state index >= 15 is 0 Å². The lowest BCUT2D eigenvalue weighted by molar-refractivity contribution is 0.244. The smallest absolute Gasteiger partial charge is 0.123 e. The van der Waals surface area contributed by atoms with Crippen LogP contribution in [0.1, 0.15) is 24.5 Å². The Morgan fingerprint density at radius 2 is 2.21 bits per heavy atom. The largest absolute Gasteiger partial charge is 0.389 e. The predicted octanol–water partition coefficient (Wildman–Crippen LogP) is 3.03. The zero-order valence-electron chi connectivity index (χ0n) is 11.6. The van der Waals surface area contributed by atoms with E-state index in [-0.39, 0.29) is 5.82 Å². The summed E-state index contributed by atoms with van der Waals surface area (Å²) >= 11 is 6.85. The average Bonchev–Trinajstić information content (AvgIpc) is 2.35. The van der Waals surface area contributed by atoms with Crippen molar-refractivity contribution in [2.24, 2.45) is 5.73 Å². The van der Waals surface area contributed by atoms with Crippen molar-refractivity contribution in [2.45, 2.75) is 25.9 Å². The molecule has 0 aromatic heterocycles. The Bertz CT molecular complexity index is 437. The van der Waals surface area contributed by atoms with Gasteiger partial charge in [-0.15, -0.1) is 0 Å². The third kappa shape index (κ3) is 5.09. The van der Waals surface area contributed by atoms with Gasteiger partial charge in [-0.05, 0) is 56.2 Å². The highest BCUT2D eigenvalue weighted by Gasteiger charge is 2.13. The standard InChI is InChI=1S/C14H21FN2S2/c1-10(6-7-19-3)17(2)9-11-8-12(15)4-5-13(11)14(16)18/h4-5,8,10H,6-7,9H2,1-3H3,(H2,16,18). The topological polar surface area (TPSA) is 29.3 Å². The summed E-state index contributed by atoms with van der Waals surface area (Å²) in [5, 5.41) is 0. The van der Waals surface area contributed by atoms with Crippen LogP contribution < -0.4 is 5.73 Å². The molecule has 0 aliphatic heterocycles. The molecule has 0 saturated carbocycles. The molecule has 0 spiro atoms. The predicted molar refractivity (Wildman–Crippen MR) is 86.2 cm³/mol. The first-order chi connectivity index (χ1) is 8.95. The van der Waals surface area contributed by atoms with E-state index in [1.54, 1.807) is 6.07 Å². The summed E-state index contributed by atoms with van der Waals surface area (Å²) in [6, 6.07) is 5.02. The Morgan fingerprint density at radius 3 is 2.79 bits per heavy atom. The minimum Gasteiger partial charge on any atom is -0.389 e. The molecule has 19 heavy (non-hydrogen) atoms. The highest BCUT2D eigenvalue weighted by atomic mass is 32.2. The fourth-order valence-corrected chi connectivity index (χ4v) is 2.64. The van der Waals surface area contributed by atoms with Crippen LogP contribution in [-0.4, -0.2) is 35.0 Å². The average molecular weight is 300 g/mol. The Balaban J connectivity index is 2.80. The molecule has 0 aliphatic carbocycles. The van der Waals surface area contributed by atoms with Gasteiger partial charge in [0.2, 0.25) is 0 Å². The van der Waals surface area contributed by atoms with E-state index < -0.39 is 0 Å². The molecule has 5 heteroatoms. The van der Waals surface area contributed by atoms with Crippen molar-refractivity contribution in [3.8, 4) is 0 Å². The highest BCUT2D eigenvalue weighted by Crippen LogP contribution is 2.16. The van der Waals surface area contributed by atoms with Gasteiger partial charge in [0.25, 0.3) is 0 Å². The zero-order valence-corrected chi connectivity index (χ0v) is 13.3. The molecule has 0 fully saturated rings. The zero-order chi connectivity index (χ0) is 14.4. The number of nitrogens with zero attached hydrogens (tertiary/aromatic N) is 1. The van der Waals surface area contributed by atoms with E-state index in [0.29, 0.717) is 17.6 Å². The first kappa shape index (κ1) is 16.4. The molecule has 1 aromatic carbocycles. The number of benzene rings is 1. The third-order valence-electron chi connectivity index (χ3n) is 3.24. The van der Waals surface area contributed by atoms with Gasteiger partial charge in [-0.25, -0.2) is 4.39 Å². The molecule has 0 saturated heterocycles. The van der Waals surface area contributed by atoms with Crippen LogP contribution in [0.2, 0.25) is 0 Å². The number of hydrogen-bond donors (Lipinski definition) is 1. The number of thiocarbonyl (C=S) groups is 1. The fourth-order valence-electron chi connectivity index (χ4n) is 1.87. The second-order valence-electron chi connectivity index (χ2n) is 4.71. The summed E-state index contributed by atoms with van der Waals surface area (Å²) in [6.45, 7) is 2.83. The lowest BCUT2D eigenvalue weighted by Gasteiger charge is -2.25. The van der Waals surface area contributed by atoms with Gasteiger partial charge in [0.15, 0.2) is 0 Å². The molecule has 106 valence electrons. The van der Waals surface area contributed by atoms with Crippen molar-refractivity contribution >= 4 is 29.0 Å². The Morgan fingerprint density at radius 1 is 1.53 bits per heavy atom. The number of nitrogens with two attached hydrogens (primary N) is 1. The van der Waals surface area contributed by atoms with E-state index in [4.69, 9.17) is 18.0 Å². The number of rotatable bonds is 7. The Kier molecular flexibility index (Phi) is 6.75. The molecule has 1 unspecified atom stereocenters. The maximum atomic E-state index is 13.4. The van der Waals surface area contributed by atoms with Crippen LogP contribution in [0.4, 0.5) is 4.39 Å². The lowest BCUT2D eigenvalue weighted by atomic mass is 10.1. The monoisotopic (exact) mass is 300 g/mol. The van der Waals surface area contributed by atoms with Gasteiger partial charge >= 0.3 is 0 Å². The second-order valence-corrected chi connectivity index (χ2v) is 6.14. The van der Waals surface area contributed by atoms with E-state index in [0.717, 1.165) is 23.3 Å². The molecule has 1 atom stereocenters. The molecular formula is C14H21FN2S2. The van der Waals surface area contributed by atoms with Crippen molar-refractivity contribution in [2.75, 3.05) is 19.1 Å². The second kappa shape index (κ2) is 7.82. The normalized spacial score (nSPS) is 12.7. The summed E-state index contributed by atoms with van der Waals surface area (Å²) < 4.78 is 13.4. The van der Waals surface area contributed by atoms with Gasteiger partial charge in [0.05, 0.1) is 0 Å². The highest BCUT2D eigenvalue weighted by molar-refractivity contribution is 7.98. The molecule has 0 aliphatic rings. The van der Waals surface area contributed by atoms with Gasteiger partial charge < -0.3 is 5.73 Å². The SMILES string of the molecule is CSCCC(C)N(C)Cc1cc(F)ccc1C(N)=S. The summed E-state index contributed by atoms with van der Waals surface area (Å²) in [5.74, 6) is 0.872. The summed E-state index contributed by atoms with van der Waals surface area (Å²) in [4.78, 5) is 2.52. The summed E-state index contributed by atoms with van der Waals surface area (Å²) in [6.07, 6.45) is 3.21. The van der Waals surface area contributed by atoms with Gasteiger partial charge in [-0.2, -0.15) is 11.8 Å². The molecule has 0 heterocycles. The van der Waals surface area contributed by atoms with Crippen molar-refractivity contribution < 1.29 is 4.39 Å². The van der Waals surface area contributed by atoms with Gasteiger partial charge in [0.1, 0.15) is 10.8 Å². The van der Waals surface area contributed by atoms with E-state index in [9.17, 15) is 4.39 Å². The molecule has 2 N–H and O–H groups in total. The van der Waals surface area contributed by atoms with Gasteiger partial charge in [-0.3, -0.25) is 4.90 Å². The molecule has 0 radical (unpaired) electrons. The molecule has 0 bridgehead atoms. The number of hydrogen-bond acceptors (Lipinski definition) is 3. The molecule has 0 amide bonds. The Labute approximate surface area is 124 Å². The first-order valence-electron chi connectivity index (χ1n) is 6.23. The maximum absolute atomic E-state index is 13.4. The van der Waals surface area contributed by atoms with Crippen molar-refractivity contribution in [1.82, 2.24) is 4.90 Å². The fraction of sp³-hybridized carbons (Fsp3) is 0.500. The van der Waals surface area contributed by atoms with Crippen LogP contribution in [-0.2, 0) is 6.54 Å². The van der Waals surface area contributed by atoms with E-state index in [1.165, 1.54) is 12.1 Å². The van der Waals surface area contributed by atoms with Crippen molar-refractivity contribution in [1.29, 1.82) is 0 Å². The van der Waals surface area contributed by atoms with Crippen molar-refractivity contribution in [3.05, 3.63) is 35.1 Å². The van der Waals surface area contributed by atoms with Crippen molar-refractivity contribution in [3.63, 3.8) is 0 Å². The minimum absolute atomic E-state index is 0.250. The number of thioether (sulfide) groups is 1.